The summed E-state index contributed by atoms with van der Waals surface area (Å²) in [5.74, 6) is -0.474. The topological polar surface area (TPSA) is 110 Å². The number of urea groups is 1. The van der Waals surface area contributed by atoms with Crippen molar-refractivity contribution in [3.63, 3.8) is 0 Å². The molecule has 2 fully saturated rings. The number of amides is 2. The average Bonchev–Trinajstić information content (AvgIpc) is 3.06. The van der Waals surface area contributed by atoms with Crippen molar-refractivity contribution in [2.24, 2.45) is 0 Å². The van der Waals surface area contributed by atoms with Crippen LogP contribution in [0, 0.1) is 0 Å². The van der Waals surface area contributed by atoms with Crippen LogP contribution in [0.4, 0.5) is 4.79 Å². The lowest BCUT2D eigenvalue weighted by molar-refractivity contribution is -0.255. The molecule has 1 N–H and O–H groups in total. The van der Waals surface area contributed by atoms with Gasteiger partial charge in [-0.2, -0.15) is 4.31 Å². The van der Waals surface area contributed by atoms with Gasteiger partial charge in [0.2, 0.25) is 10.0 Å². The largest absolute Gasteiger partial charge is 0.497 e. The molecule has 2 amide bonds. The molecule has 33 heavy (non-hydrogen) atoms. The molecule has 11 heteroatoms. The minimum Gasteiger partial charge on any atom is -0.497 e. The highest BCUT2D eigenvalue weighted by Crippen LogP contribution is 2.28. The van der Waals surface area contributed by atoms with Gasteiger partial charge in [-0.25, -0.2) is 13.2 Å². The fourth-order valence-corrected chi connectivity index (χ4v) is 5.32. The van der Waals surface area contributed by atoms with Crippen LogP contribution in [-0.4, -0.2) is 80.9 Å². The summed E-state index contributed by atoms with van der Waals surface area (Å²) in [7, 11) is -2.16. The number of nitrogens with zero attached hydrogens (tertiary/aromatic N) is 3. The van der Waals surface area contributed by atoms with Crippen LogP contribution >= 0.6 is 0 Å². The molecule has 10 nitrogen and oxygen atoms in total. The van der Waals surface area contributed by atoms with Gasteiger partial charge >= 0.3 is 6.03 Å². The lowest BCUT2D eigenvalue weighted by Crippen LogP contribution is -2.60. The number of morpholine rings is 1. The van der Waals surface area contributed by atoms with E-state index in [1.165, 1.54) is 22.8 Å². The van der Waals surface area contributed by atoms with Gasteiger partial charge in [0, 0.05) is 32.0 Å². The monoisotopic (exact) mass is 476 g/mol. The van der Waals surface area contributed by atoms with Gasteiger partial charge in [0.1, 0.15) is 10.6 Å². The molecule has 2 saturated heterocycles. The van der Waals surface area contributed by atoms with E-state index in [9.17, 15) is 13.2 Å². The van der Waals surface area contributed by atoms with E-state index >= 15 is 0 Å². The van der Waals surface area contributed by atoms with Crippen molar-refractivity contribution >= 4 is 16.1 Å². The Labute approximate surface area is 193 Å². The number of carbonyl (C=O) groups excluding carboxylic acids is 1. The number of sulfonamides is 1. The minimum atomic E-state index is -3.76. The fraction of sp³-hybridized carbons (Fsp3) is 0.455. The first kappa shape index (κ1) is 23.4. The van der Waals surface area contributed by atoms with Gasteiger partial charge in [0.05, 0.1) is 33.4 Å². The zero-order valence-electron chi connectivity index (χ0n) is 18.5. The highest BCUT2D eigenvalue weighted by atomic mass is 32.2. The number of aromatic nitrogens is 1. The first-order valence-corrected chi connectivity index (χ1v) is 12.2. The van der Waals surface area contributed by atoms with Crippen LogP contribution in [0.3, 0.4) is 0 Å². The average molecular weight is 477 g/mol. The smallest absolute Gasteiger partial charge is 0.317 e. The number of methoxy groups -OCH3 is 1. The van der Waals surface area contributed by atoms with Gasteiger partial charge < -0.3 is 24.4 Å². The number of hydrogen-bond donors (Lipinski definition) is 1. The number of carbonyl (C=O) groups is 1. The summed E-state index contributed by atoms with van der Waals surface area (Å²) in [6.07, 6.45) is 3.47. The summed E-state index contributed by atoms with van der Waals surface area (Å²) >= 11 is 0. The van der Waals surface area contributed by atoms with Crippen molar-refractivity contribution in [1.82, 2.24) is 19.5 Å². The second-order valence-corrected chi connectivity index (χ2v) is 9.85. The molecular formula is C22H28N4O6S. The van der Waals surface area contributed by atoms with Crippen LogP contribution in [0.1, 0.15) is 12.0 Å². The van der Waals surface area contributed by atoms with Gasteiger partial charge in [0.15, 0.2) is 5.79 Å². The molecule has 1 unspecified atom stereocenters. The molecule has 0 bridgehead atoms. The molecule has 1 aromatic carbocycles. The molecular weight excluding hydrogens is 448 g/mol. The molecule has 1 aromatic heterocycles. The van der Waals surface area contributed by atoms with E-state index in [0.29, 0.717) is 26.1 Å². The van der Waals surface area contributed by atoms with Crippen molar-refractivity contribution in [3.8, 4) is 5.75 Å². The number of hydrogen-bond acceptors (Lipinski definition) is 7. The number of benzene rings is 1. The Balaban J connectivity index is 1.43. The number of rotatable bonds is 5. The van der Waals surface area contributed by atoms with Crippen LogP contribution in [0.25, 0.3) is 0 Å². The molecule has 0 aliphatic carbocycles. The van der Waals surface area contributed by atoms with E-state index in [0.717, 1.165) is 11.3 Å². The Morgan fingerprint density at radius 2 is 1.94 bits per heavy atom. The molecule has 2 aliphatic rings. The summed E-state index contributed by atoms with van der Waals surface area (Å²) in [4.78, 5) is 18.6. The third kappa shape index (κ3) is 5.44. The second-order valence-electron chi connectivity index (χ2n) is 7.92. The van der Waals surface area contributed by atoms with Crippen LogP contribution in [0.15, 0.2) is 53.7 Å². The molecule has 0 saturated carbocycles. The molecule has 4 rings (SSSR count). The zero-order chi connectivity index (χ0) is 23.3. The zero-order valence-corrected chi connectivity index (χ0v) is 19.3. The highest BCUT2D eigenvalue weighted by Gasteiger charge is 2.45. The number of nitrogens with one attached hydrogen (secondary N) is 1. The lowest BCUT2D eigenvalue weighted by atomic mass is 10.2. The summed E-state index contributed by atoms with van der Waals surface area (Å²) in [5, 5.41) is 2.92. The minimum absolute atomic E-state index is 0.00745. The maximum Gasteiger partial charge on any atom is 0.317 e. The Morgan fingerprint density at radius 3 is 2.67 bits per heavy atom. The summed E-state index contributed by atoms with van der Waals surface area (Å²) in [6, 6.07) is 10.3. The number of pyridine rings is 1. The first-order valence-electron chi connectivity index (χ1n) is 10.8. The van der Waals surface area contributed by atoms with Gasteiger partial charge in [-0.05, 0) is 36.2 Å². The number of ether oxygens (including phenoxy) is 3. The maximum atomic E-state index is 13.1. The molecule has 178 valence electrons. The summed E-state index contributed by atoms with van der Waals surface area (Å²) in [5.41, 5.74) is 0.938. The van der Waals surface area contributed by atoms with Crippen molar-refractivity contribution < 1.29 is 27.4 Å². The molecule has 3 heterocycles. The maximum absolute atomic E-state index is 13.1. The summed E-state index contributed by atoms with van der Waals surface area (Å²) < 4.78 is 44.6. The molecule has 0 radical (unpaired) electrons. The van der Waals surface area contributed by atoms with E-state index in [2.05, 4.69) is 10.3 Å². The van der Waals surface area contributed by atoms with Gasteiger partial charge in [0.25, 0.3) is 0 Å². The van der Waals surface area contributed by atoms with Crippen LogP contribution in [-0.2, 0) is 26.0 Å². The third-order valence-corrected chi connectivity index (χ3v) is 7.48. The van der Waals surface area contributed by atoms with Gasteiger partial charge in [-0.3, -0.25) is 4.98 Å². The first-order chi connectivity index (χ1) is 15.9. The predicted molar refractivity (Wildman–Crippen MR) is 119 cm³/mol. The van der Waals surface area contributed by atoms with E-state index in [4.69, 9.17) is 14.2 Å². The Hall–Kier alpha value is -2.73. The van der Waals surface area contributed by atoms with Gasteiger partial charge in [-0.1, -0.05) is 12.1 Å². The van der Waals surface area contributed by atoms with Crippen LogP contribution < -0.4 is 10.1 Å². The molecule has 1 atom stereocenters. The fourth-order valence-electron chi connectivity index (χ4n) is 3.90. The van der Waals surface area contributed by atoms with E-state index in [1.807, 2.05) is 24.3 Å². The predicted octanol–water partition coefficient (Wildman–Crippen LogP) is 1.44. The standard InChI is InChI=1S/C22H28N4O6S/c1-30-19-7-5-18(6-8-19)14-24-21(27)25-10-3-12-31-22(16-25)17-26(11-13-32-22)33(28,29)20-4-2-9-23-15-20/h2,4-9,15H,3,10-14,16-17H2,1H3,(H,24,27). The Kier molecular flexibility index (Phi) is 7.13. The van der Waals surface area contributed by atoms with E-state index < -0.39 is 15.8 Å². The normalized spacial score (nSPS) is 22.0. The van der Waals surface area contributed by atoms with Crippen molar-refractivity contribution in [2.45, 2.75) is 23.6 Å². The quantitative estimate of drug-likeness (QED) is 0.695. The second kappa shape index (κ2) is 10.0. The van der Waals surface area contributed by atoms with E-state index in [-0.39, 0.29) is 37.2 Å². The highest BCUT2D eigenvalue weighted by molar-refractivity contribution is 7.89. The lowest BCUT2D eigenvalue weighted by Gasteiger charge is -2.42. The Bertz CT molecular complexity index is 1050. The molecule has 2 aromatic rings. The third-order valence-electron chi connectivity index (χ3n) is 5.65. The van der Waals surface area contributed by atoms with Crippen molar-refractivity contribution in [2.75, 3.05) is 46.5 Å². The molecule has 2 aliphatic heterocycles. The SMILES string of the molecule is COc1ccc(CNC(=O)N2CCCOC3(C2)CN(S(=O)(=O)c2cccnc2)CCO3)cc1. The van der Waals surface area contributed by atoms with E-state index in [1.54, 1.807) is 18.1 Å². The van der Waals surface area contributed by atoms with Gasteiger partial charge in [-0.15, -0.1) is 0 Å². The van der Waals surface area contributed by atoms with Crippen LogP contribution in [0.2, 0.25) is 0 Å². The summed E-state index contributed by atoms with van der Waals surface area (Å²) in [6.45, 7) is 1.69. The van der Waals surface area contributed by atoms with Crippen molar-refractivity contribution in [1.29, 1.82) is 0 Å². The molecule has 1 spiro atoms. The van der Waals surface area contributed by atoms with Crippen LogP contribution in [0.5, 0.6) is 5.75 Å². The van der Waals surface area contributed by atoms with Crippen molar-refractivity contribution in [3.05, 3.63) is 54.4 Å². The Morgan fingerprint density at radius 1 is 1.15 bits per heavy atom.